The third-order valence-corrected chi connectivity index (χ3v) is 7.31. The Labute approximate surface area is 208 Å². The number of methoxy groups -OCH3 is 1. The number of hydrogen-bond acceptors (Lipinski definition) is 6. The summed E-state index contributed by atoms with van der Waals surface area (Å²) in [6.45, 7) is 6.83. The number of rotatable bonds is 11. The number of aliphatic carboxylic acids is 1. The molecule has 0 spiro atoms. The SMILES string of the molecule is COc1ccc(NC(=O)CN(Cc2ccc(SC(C)(C)C(=O)O)cc2)Cc2cccs2)c(C)c1. The second-order valence-corrected chi connectivity index (χ2v) is 11.2. The van der Waals surface area contributed by atoms with Crippen molar-refractivity contribution >= 4 is 40.7 Å². The molecule has 1 amide bonds. The first kappa shape index (κ1) is 25.8. The number of carbonyl (C=O) groups excluding carboxylic acids is 1. The third kappa shape index (κ3) is 7.35. The van der Waals surface area contributed by atoms with E-state index in [0.717, 1.165) is 27.5 Å². The fraction of sp³-hybridized carbons (Fsp3) is 0.308. The van der Waals surface area contributed by atoms with E-state index in [0.29, 0.717) is 13.1 Å². The van der Waals surface area contributed by atoms with Gasteiger partial charge in [0, 0.05) is 28.5 Å². The predicted molar refractivity (Wildman–Crippen MR) is 139 cm³/mol. The van der Waals surface area contributed by atoms with E-state index in [2.05, 4.69) is 16.3 Å². The molecule has 2 N–H and O–H groups in total. The van der Waals surface area contributed by atoms with Gasteiger partial charge in [-0.15, -0.1) is 23.1 Å². The molecule has 1 aromatic heterocycles. The van der Waals surface area contributed by atoms with Crippen molar-refractivity contribution in [2.45, 2.75) is 43.5 Å². The van der Waals surface area contributed by atoms with E-state index in [4.69, 9.17) is 4.74 Å². The van der Waals surface area contributed by atoms with Crippen LogP contribution in [-0.4, -0.2) is 40.3 Å². The summed E-state index contributed by atoms with van der Waals surface area (Å²) < 4.78 is 4.34. The molecule has 0 saturated heterocycles. The highest BCUT2D eigenvalue weighted by atomic mass is 32.2. The Morgan fingerprint density at radius 1 is 1.12 bits per heavy atom. The molecule has 0 fully saturated rings. The van der Waals surface area contributed by atoms with Crippen LogP contribution >= 0.6 is 23.1 Å². The highest BCUT2D eigenvalue weighted by Crippen LogP contribution is 2.33. The quantitative estimate of drug-likeness (QED) is 0.332. The number of benzene rings is 2. The minimum absolute atomic E-state index is 0.0831. The number of ether oxygens (including phenoxy) is 1. The summed E-state index contributed by atoms with van der Waals surface area (Å²) >= 11 is 2.98. The zero-order valence-corrected chi connectivity index (χ0v) is 21.5. The van der Waals surface area contributed by atoms with Crippen LogP contribution in [0.3, 0.4) is 0 Å². The second-order valence-electron chi connectivity index (χ2n) is 8.52. The highest BCUT2D eigenvalue weighted by Gasteiger charge is 2.28. The standard InChI is InChI=1S/C26H30N2O4S2/c1-18-14-20(32-4)9-12-23(18)27-24(29)17-28(16-22-6-5-13-33-22)15-19-7-10-21(11-8-19)34-26(2,3)25(30)31/h5-14H,15-17H2,1-4H3,(H,27,29)(H,30,31). The molecule has 3 rings (SSSR count). The van der Waals surface area contributed by atoms with Crippen molar-refractivity contribution in [2.24, 2.45) is 0 Å². The molecule has 0 atom stereocenters. The van der Waals surface area contributed by atoms with Crippen molar-refractivity contribution in [1.82, 2.24) is 4.90 Å². The Morgan fingerprint density at radius 3 is 2.44 bits per heavy atom. The number of carbonyl (C=O) groups is 2. The Hall–Kier alpha value is -2.81. The molecule has 6 nitrogen and oxygen atoms in total. The molecular formula is C26H30N2O4S2. The average Bonchev–Trinajstić information content (AvgIpc) is 3.29. The molecule has 0 aliphatic rings. The summed E-state index contributed by atoms with van der Waals surface area (Å²) in [5.74, 6) is -0.176. The van der Waals surface area contributed by atoms with Crippen LogP contribution in [0.5, 0.6) is 5.75 Å². The first-order chi connectivity index (χ1) is 16.2. The van der Waals surface area contributed by atoms with Crippen LogP contribution in [0.1, 0.15) is 29.9 Å². The van der Waals surface area contributed by atoms with Crippen LogP contribution < -0.4 is 10.1 Å². The lowest BCUT2D eigenvalue weighted by Crippen LogP contribution is -2.32. The predicted octanol–water partition coefficient (Wildman–Crippen LogP) is 5.66. The van der Waals surface area contributed by atoms with Gasteiger partial charge in [-0.05, 0) is 73.7 Å². The molecule has 180 valence electrons. The number of hydrogen-bond donors (Lipinski definition) is 2. The van der Waals surface area contributed by atoms with Crippen LogP contribution in [0.15, 0.2) is 64.9 Å². The van der Waals surface area contributed by atoms with Gasteiger partial charge in [-0.25, -0.2) is 0 Å². The lowest BCUT2D eigenvalue weighted by atomic mass is 10.2. The van der Waals surface area contributed by atoms with Crippen LogP contribution in [0, 0.1) is 6.92 Å². The molecule has 3 aromatic rings. The molecule has 0 saturated carbocycles. The second kappa shape index (κ2) is 11.6. The Morgan fingerprint density at radius 2 is 1.85 bits per heavy atom. The van der Waals surface area contributed by atoms with Gasteiger partial charge in [-0.3, -0.25) is 14.5 Å². The first-order valence-electron chi connectivity index (χ1n) is 10.9. The molecule has 2 aromatic carbocycles. The first-order valence-corrected chi connectivity index (χ1v) is 12.6. The lowest BCUT2D eigenvalue weighted by molar-refractivity contribution is -0.138. The van der Waals surface area contributed by atoms with Crippen LogP contribution in [0.25, 0.3) is 0 Å². The fourth-order valence-electron chi connectivity index (χ4n) is 3.35. The Balaban J connectivity index is 1.68. The molecule has 0 radical (unpaired) electrons. The smallest absolute Gasteiger partial charge is 0.319 e. The van der Waals surface area contributed by atoms with Crippen molar-refractivity contribution in [2.75, 3.05) is 19.0 Å². The Kier molecular flexibility index (Phi) is 8.77. The molecule has 0 aliphatic heterocycles. The van der Waals surface area contributed by atoms with Gasteiger partial charge in [0.15, 0.2) is 0 Å². The number of nitrogens with one attached hydrogen (secondary N) is 1. The third-order valence-electron chi connectivity index (χ3n) is 5.25. The maximum absolute atomic E-state index is 12.9. The van der Waals surface area contributed by atoms with E-state index >= 15 is 0 Å². The maximum Gasteiger partial charge on any atom is 0.319 e. The van der Waals surface area contributed by atoms with Gasteiger partial charge < -0.3 is 15.2 Å². The van der Waals surface area contributed by atoms with Crippen molar-refractivity contribution in [1.29, 1.82) is 0 Å². The number of thiophene rings is 1. The molecule has 1 heterocycles. The summed E-state index contributed by atoms with van der Waals surface area (Å²) in [5, 5.41) is 14.4. The topological polar surface area (TPSA) is 78.9 Å². The number of nitrogens with zero attached hydrogens (tertiary/aromatic N) is 1. The molecule has 8 heteroatoms. The number of carboxylic acids is 1. The molecule has 0 unspecified atom stereocenters. The van der Waals surface area contributed by atoms with Gasteiger partial charge in [-0.2, -0.15) is 0 Å². The maximum atomic E-state index is 12.9. The van der Waals surface area contributed by atoms with Gasteiger partial charge in [-0.1, -0.05) is 18.2 Å². The van der Waals surface area contributed by atoms with Gasteiger partial charge in [0.1, 0.15) is 10.5 Å². The average molecular weight is 499 g/mol. The van der Waals surface area contributed by atoms with Gasteiger partial charge in [0.05, 0.1) is 13.7 Å². The highest BCUT2D eigenvalue weighted by molar-refractivity contribution is 8.01. The van der Waals surface area contributed by atoms with Gasteiger partial charge in [0.2, 0.25) is 5.91 Å². The number of anilines is 1. The minimum atomic E-state index is -0.898. The summed E-state index contributed by atoms with van der Waals surface area (Å²) in [4.78, 5) is 28.5. The number of thioether (sulfide) groups is 1. The van der Waals surface area contributed by atoms with Crippen molar-refractivity contribution < 1.29 is 19.4 Å². The van der Waals surface area contributed by atoms with Gasteiger partial charge >= 0.3 is 5.97 Å². The van der Waals surface area contributed by atoms with Crippen LogP contribution in [-0.2, 0) is 22.7 Å². The molecule has 0 bridgehead atoms. The number of carboxylic acid groups (broad SMARTS) is 1. The summed E-state index contributed by atoms with van der Waals surface area (Å²) in [7, 11) is 1.62. The Bertz CT molecular complexity index is 1110. The zero-order valence-electron chi connectivity index (χ0n) is 19.8. The van der Waals surface area contributed by atoms with Crippen molar-refractivity contribution in [3.05, 3.63) is 76.0 Å². The summed E-state index contributed by atoms with van der Waals surface area (Å²) in [5.41, 5.74) is 2.77. The van der Waals surface area contributed by atoms with E-state index in [-0.39, 0.29) is 12.5 Å². The zero-order chi connectivity index (χ0) is 24.7. The number of amides is 1. The van der Waals surface area contributed by atoms with E-state index in [1.54, 1.807) is 32.3 Å². The van der Waals surface area contributed by atoms with E-state index in [9.17, 15) is 14.7 Å². The monoisotopic (exact) mass is 498 g/mol. The van der Waals surface area contributed by atoms with E-state index < -0.39 is 10.7 Å². The van der Waals surface area contributed by atoms with Crippen LogP contribution in [0.2, 0.25) is 0 Å². The van der Waals surface area contributed by atoms with E-state index in [1.807, 2.05) is 60.8 Å². The largest absolute Gasteiger partial charge is 0.497 e. The lowest BCUT2D eigenvalue weighted by Gasteiger charge is -2.22. The molecule has 34 heavy (non-hydrogen) atoms. The van der Waals surface area contributed by atoms with E-state index in [1.165, 1.54) is 16.6 Å². The molecular weight excluding hydrogens is 468 g/mol. The normalized spacial score (nSPS) is 11.4. The minimum Gasteiger partial charge on any atom is -0.497 e. The summed E-state index contributed by atoms with van der Waals surface area (Å²) in [6.07, 6.45) is 0. The van der Waals surface area contributed by atoms with Gasteiger partial charge in [0.25, 0.3) is 0 Å². The summed E-state index contributed by atoms with van der Waals surface area (Å²) in [6, 6.07) is 17.5. The van der Waals surface area contributed by atoms with Crippen molar-refractivity contribution in [3.8, 4) is 5.75 Å². The number of aryl methyl sites for hydroxylation is 1. The fourth-order valence-corrected chi connectivity index (χ4v) is 5.04. The molecule has 0 aliphatic carbocycles. The van der Waals surface area contributed by atoms with Crippen LogP contribution in [0.4, 0.5) is 5.69 Å². The van der Waals surface area contributed by atoms with Crippen molar-refractivity contribution in [3.63, 3.8) is 0 Å².